The van der Waals surface area contributed by atoms with Crippen LogP contribution in [0.25, 0.3) is 0 Å². The van der Waals surface area contributed by atoms with Crippen LogP contribution in [-0.4, -0.2) is 64.6 Å². The Kier molecular flexibility index (Phi) is 86.7. The van der Waals surface area contributed by atoms with E-state index in [0.717, 1.165) is 0 Å². The van der Waals surface area contributed by atoms with E-state index in [1.54, 1.807) is 0 Å². The molecule has 0 aromatic rings. The zero-order chi connectivity index (χ0) is 26.6. The Morgan fingerprint density at radius 3 is 0.742 bits per heavy atom. The average Bonchev–Trinajstić information content (AvgIpc) is 2.84. The van der Waals surface area contributed by atoms with Gasteiger partial charge in [-0.15, -0.1) is 0 Å². The van der Waals surface area contributed by atoms with E-state index in [2.05, 4.69) is 27.7 Å². The summed E-state index contributed by atoms with van der Waals surface area (Å²) in [6.45, 7) is 25.0. The van der Waals surface area contributed by atoms with Crippen molar-refractivity contribution in [3.05, 3.63) is 0 Å². The number of carbonyl (C=O) groups excluding carboxylic acids is 5. The maximum atomic E-state index is 8.62. The van der Waals surface area contributed by atoms with Gasteiger partial charge >= 0.3 is 28.9 Å². The van der Waals surface area contributed by atoms with E-state index in [4.69, 9.17) is 34.1 Å². The van der Waals surface area contributed by atoms with Gasteiger partial charge in [0.15, 0.2) is 0 Å². The third-order valence-corrected chi connectivity index (χ3v) is 3.94. The Morgan fingerprint density at radius 2 is 0.645 bits per heavy atom. The van der Waals surface area contributed by atoms with Crippen LogP contribution in [0.3, 0.4) is 0 Å². The van der Waals surface area contributed by atoms with E-state index in [1.165, 1.54) is 82.0 Å². The van der Waals surface area contributed by atoms with Gasteiger partial charge in [0.2, 0.25) is 0 Å². The summed E-state index contributed by atoms with van der Waals surface area (Å²) in [5.41, 5.74) is 0. The quantitative estimate of drug-likeness (QED) is 0.303. The molecule has 10 heteroatoms. The van der Waals surface area contributed by atoms with Crippen LogP contribution < -0.4 is 3.61 Å². The van der Waals surface area contributed by atoms with E-state index in [-0.39, 0.29) is 0 Å². The molecule has 0 saturated carbocycles. The SMILES string of the molecule is C=O.C=O.C=O.C=O.C=O.CCCC[N+](CCCC)(CCCC)CCCC.[O]=[Ta](=[O])[O-]. The molecular weight excluding hydrogens is 575 g/mol. The fraction of sp³-hybridized carbons (Fsp3) is 0.762. The van der Waals surface area contributed by atoms with Crippen molar-refractivity contribution in [3.8, 4) is 0 Å². The van der Waals surface area contributed by atoms with Gasteiger partial charge in [0, 0.05) is 0 Å². The predicted molar refractivity (Wildman–Crippen MR) is 116 cm³/mol. The molecule has 0 unspecified atom stereocenters. The molecule has 0 N–H and O–H groups in total. The summed E-state index contributed by atoms with van der Waals surface area (Å²) in [5, 5.41) is 0. The summed E-state index contributed by atoms with van der Waals surface area (Å²) in [4.78, 5) is 40.0. The Bertz CT molecular complexity index is 301. The molecule has 0 aliphatic rings. The van der Waals surface area contributed by atoms with E-state index >= 15 is 0 Å². The normalized spacial score (nSPS) is 8.03. The molecule has 0 aromatic heterocycles. The molecule has 0 amide bonds. The number of rotatable bonds is 12. The van der Waals surface area contributed by atoms with Gasteiger partial charge in [-0.2, -0.15) is 0 Å². The Labute approximate surface area is 196 Å². The van der Waals surface area contributed by atoms with Crippen LogP contribution in [0.4, 0.5) is 0 Å². The minimum atomic E-state index is -4.34. The molecule has 0 aromatic carbocycles. The van der Waals surface area contributed by atoms with Crippen molar-refractivity contribution in [1.82, 2.24) is 0 Å². The molecule has 0 fully saturated rings. The number of hydrogen-bond acceptors (Lipinski definition) is 8. The number of carbonyl (C=O) groups is 5. The van der Waals surface area contributed by atoms with Crippen molar-refractivity contribution in [2.75, 3.05) is 26.2 Å². The second-order valence-corrected chi connectivity index (χ2v) is 7.48. The molecule has 0 spiro atoms. The summed E-state index contributed by atoms with van der Waals surface area (Å²) >= 11 is -4.34. The summed E-state index contributed by atoms with van der Waals surface area (Å²) in [6, 6.07) is 0. The van der Waals surface area contributed by atoms with Gasteiger partial charge in [0.1, 0.15) is 33.9 Å². The van der Waals surface area contributed by atoms with Crippen LogP contribution in [0.2, 0.25) is 0 Å². The molecule has 0 heterocycles. The van der Waals surface area contributed by atoms with E-state index in [0.29, 0.717) is 0 Å². The first-order valence-corrected chi connectivity index (χ1v) is 14.0. The fourth-order valence-electron chi connectivity index (χ4n) is 2.64. The molecule has 0 bridgehead atoms. The van der Waals surface area contributed by atoms with Gasteiger partial charge in [0.25, 0.3) is 0 Å². The van der Waals surface area contributed by atoms with Crippen molar-refractivity contribution in [2.45, 2.75) is 79.1 Å². The standard InChI is InChI=1S/C16H36N.5CH2O.3O.Ta/c1-5-9-13-17(14-10-6-2,15-11-7-3)16-12-8-4;5*1-2;;;;/h5-16H2,1-4H3;5*1H2;;;;/q+1;;;;;;;;-1;. The minimum absolute atomic E-state index is 1.35. The van der Waals surface area contributed by atoms with Crippen molar-refractivity contribution in [1.29, 1.82) is 0 Å². The monoisotopic (exact) mass is 621 g/mol. The first-order valence-electron chi connectivity index (χ1n) is 10.1. The molecule has 0 saturated heterocycles. The van der Waals surface area contributed by atoms with E-state index in [1.807, 2.05) is 33.9 Å². The number of quaternary nitrogens is 1. The van der Waals surface area contributed by atoms with Crippen LogP contribution in [0, 0.1) is 0 Å². The molecular formula is C21H46NO8Ta. The molecule has 0 aliphatic heterocycles. The Morgan fingerprint density at radius 1 is 0.516 bits per heavy atom. The van der Waals surface area contributed by atoms with Crippen LogP contribution >= 0.6 is 0 Å². The topological polar surface area (TPSA) is 143 Å². The van der Waals surface area contributed by atoms with Gasteiger partial charge < -0.3 is 28.5 Å². The van der Waals surface area contributed by atoms with Crippen LogP contribution in [0.5, 0.6) is 0 Å². The van der Waals surface area contributed by atoms with E-state index in [9.17, 15) is 0 Å². The second-order valence-electron chi connectivity index (χ2n) is 5.87. The van der Waals surface area contributed by atoms with Gasteiger partial charge in [-0.3, -0.25) is 0 Å². The van der Waals surface area contributed by atoms with Crippen molar-refractivity contribution >= 4 is 33.9 Å². The summed E-state index contributed by atoms with van der Waals surface area (Å²) in [7, 11) is 0. The number of nitrogens with zero attached hydrogens (tertiary/aromatic N) is 1. The van der Waals surface area contributed by atoms with Gasteiger partial charge in [-0.25, -0.2) is 0 Å². The average molecular weight is 622 g/mol. The van der Waals surface area contributed by atoms with Gasteiger partial charge in [-0.1, -0.05) is 53.4 Å². The Balaban J connectivity index is -0.0000000685. The van der Waals surface area contributed by atoms with Crippen LogP contribution in [0.1, 0.15) is 79.1 Å². The number of unbranched alkanes of at least 4 members (excludes halogenated alkanes) is 4. The zero-order valence-electron chi connectivity index (χ0n) is 20.2. The van der Waals surface area contributed by atoms with E-state index < -0.39 is 18.8 Å². The molecule has 0 rings (SSSR count). The zero-order valence-corrected chi connectivity index (χ0v) is 23.4. The number of hydrogen-bond donors (Lipinski definition) is 0. The molecule has 0 aliphatic carbocycles. The molecule has 0 atom stereocenters. The third-order valence-electron chi connectivity index (χ3n) is 3.94. The molecule has 31 heavy (non-hydrogen) atoms. The van der Waals surface area contributed by atoms with Crippen LogP contribution in [-0.2, 0) is 49.3 Å². The van der Waals surface area contributed by atoms with Gasteiger partial charge in [-0.05, 0) is 25.7 Å². The molecule has 188 valence electrons. The third kappa shape index (κ3) is 58.5. The molecule has 0 radical (unpaired) electrons. The van der Waals surface area contributed by atoms with Crippen molar-refractivity contribution in [2.24, 2.45) is 0 Å². The van der Waals surface area contributed by atoms with Gasteiger partial charge in [0.05, 0.1) is 26.2 Å². The van der Waals surface area contributed by atoms with Crippen molar-refractivity contribution < 1.29 is 57.4 Å². The first-order chi connectivity index (χ1) is 15.0. The predicted octanol–water partition coefficient (Wildman–Crippen LogP) is 2.65. The summed E-state index contributed by atoms with van der Waals surface area (Å²) in [6.07, 6.45) is 11.1. The molecule has 9 nitrogen and oxygen atoms in total. The summed E-state index contributed by atoms with van der Waals surface area (Å²) in [5.74, 6) is 0. The Hall–Kier alpha value is -1.39. The first kappa shape index (κ1) is 47.4. The van der Waals surface area contributed by atoms with Crippen LogP contribution in [0.15, 0.2) is 0 Å². The maximum absolute atomic E-state index is 8.62. The second kappa shape index (κ2) is 56.7. The summed E-state index contributed by atoms with van der Waals surface area (Å²) < 4.78 is 27.3. The fourth-order valence-corrected chi connectivity index (χ4v) is 2.64. The van der Waals surface area contributed by atoms with Crippen molar-refractivity contribution in [3.63, 3.8) is 0 Å².